The number of benzene rings is 3. The van der Waals surface area contributed by atoms with Crippen LogP contribution in [0.3, 0.4) is 0 Å². The van der Waals surface area contributed by atoms with Gasteiger partial charge in [-0.3, -0.25) is 10.1 Å². The molecule has 0 bridgehead atoms. The maximum absolute atomic E-state index is 12.4. The second-order valence-corrected chi connectivity index (χ2v) is 8.32. The van der Waals surface area contributed by atoms with Crippen molar-refractivity contribution < 1.29 is 9.53 Å². The van der Waals surface area contributed by atoms with Crippen molar-refractivity contribution in [3.63, 3.8) is 0 Å². The first-order chi connectivity index (χ1) is 15.0. The first kappa shape index (κ1) is 21.0. The van der Waals surface area contributed by atoms with Crippen LogP contribution in [0, 0.1) is 6.92 Å². The van der Waals surface area contributed by atoms with Gasteiger partial charge < -0.3 is 10.1 Å². The molecule has 1 amide bonds. The number of nitrogens with zero attached hydrogens (tertiary/aromatic N) is 1. The van der Waals surface area contributed by atoms with Crippen LogP contribution in [0.5, 0.6) is 5.75 Å². The number of aryl methyl sites for hydroxylation is 1. The summed E-state index contributed by atoms with van der Waals surface area (Å²) in [6.07, 6.45) is 0. The molecule has 0 unspecified atom stereocenters. The Balaban J connectivity index is 1.42. The molecule has 0 fully saturated rings. The molecule has 4 aromatic rings. The Labute approximate surface area is 190 Å². The number of hydrogen-bond acceptors (Lipinski definition) is 5. The molecule has 0 saturated carbocycles. The molecule has 0 atom stereocenters. The van der Waals surface area contributed by atoms with Crippen molar-refractivity contribution in [1.29, 1.82) is 0 Å². The van der Waals surface area contributed by atoms with Gasteiger partial charge in [0.15, 0.2) is 5.11 Å². The summed E-state index contributed by atoms with van der Waals surface area (Å²) in [7, 11) is 0. The molecule has 0 spiro atoms. The summed E-state index contributed by atoms with van der Waals surface area (Å²) in [5.41, 5.74) is 4.40. The van der Waals surface area contributed by atoms with Gasteiger partial charge >= 0.3 is 0 Å². The molecule has 1 aromatic heterocycles. The third-order valence-electron chi connectivity index (χ3n) is 4.67. The van der Waals surface area contributed by atoms with E-state index in [-0.39, 0.29) is 11.0 Å². The first-order valence-electron chi connectivity index (χ1n) is 9.85. The fraction of sp³-hybridized carbons (Fsp3) is 0.125. The van der Waals surface area contributed by atoms with E-state index in [4.69, 9.17) is 21.9 Å². The van der Waals surface area contributed by atoms with Crippen LogP contribution in [-0.2, 0) is 0 Å². The summed E-state index contributed by atoms with van der Waals surface area (Å²) in [6, 6.07) is 21.1. The number of thiocarbonyl (C=S) groups is 1. The SMILES string of the molecule is CCOc1ccc(C(=O)NC(=S)Nc2ccc(-c3nc4ccccc4s3)cc2C)cc1. The van der Waals surface area contributed by atoms with Gasteiger partial charge in [0, 0.05) is 16.8 Å². The number of anilines is 1. The van der Waals surface area contributed by atoms with Gasteiger partial charge in [0.25, 0.3) is 5.91 Å². The van der Waals surface area contributed by atoms with E-state index in [9.17, 15) is 4.79 Å². The second-order valence-electron chi connectivity index (χ2n) is 6.88. The smallest absolute Gasteiger partial charge is 0.257 e. The molecule has 0 radical (unpaired) electrons. The topological polar surface area (TPSA) is 63.2 Å². The predicted molar refractivity (Wildman–Crippen MR) is 131 cm³/mol. The summed E-state index contributed by atoms with van der Waals surface area (Å²) in [4.78, 5) is 17.1. The van der Waals surface area contributed by atoms with Gasteiger partial charge in [-0.1, -0.05) is 12.1 Å². The minimum Gasteiger partial charge on any atom is -0.494 e. The molecule has 2 N–H and O–H groups in total. The number of nitrogens with one attached hydrogen (secondary N) is 2. The summed E-state index contributed by atoms with van der Waals surface area (Å²) in [6.45, 7) is 4.49. The van der Waals surface area contributed by atoms with E-state index < -0.39 is 0 Å². The molecule has 1 heterocycles. The molecule has 4 rings (SSSR count). The normalized spacial score (nSPS) is 10.6. The zero-order valence-corrected chi connectivity index (χ0v) is 18.8. The number of fused-ring (bicyclic) bond motifs is 1. The average Bonchev–Trinajstić information content (AvgIpc) is 3.20. The van der Waals surface area contributed by atoms with E-state index in [1.807, 2.05) is 44.2 Å². The number of hydrogen-bond donors (Lipinski definition) is 2. The third-order valence-corrected chi connectivity index (χ3v) is 5.96. The molecule has 0 saturated heterocycles. The highest BCUT2D eigenvalue weighted by molar-refractivity contribution is 7.80. The Hall–Kier alpha value is -3.29. The number of para-hydroxylation sites is 1. The number of amides is 1. The zero-order valence-electron chi connectivity index (χ0n) is 17.1. The lowest BCUT2D eigenvalue weighted by molar-refractivity contribution is 0.0977. The van der Waals surface area contributed by atoms with Crippen molar-refractivity contribution in [2.75, 3.05) is 11.9 Å². The van der Waals surface area contributed by atoms with E-state index in [2.05, 4.69) is 22.8 Å². The fourth-order valence-corrected chi connectivity index (χ4v) is 4.30. The van der Waals surface area contributed by atoms with Crippen molar-refractivity contribution in [1.82, 2.24) is 10.3 Å². The maximum atomic E-state index is 12.4. The van der Waals surface area contributed by atoms with Gasteiger partial charge in [0.2, 0.25) is 0 Å². The molecule has 0 aliphatic rings. The van der Waals surface area contributed by atoms with E-state index in [0.29, 0.717) is 12.2 Å². The summed E-state index contributed by atoms with van der Waals surface area (Å²) < 4.78 is 6.56. The summed E-state index contributed by atoms with van der Waals surface area (Å²) in [5.74, 6) is 0.452. The van der Waals surface area contributed by atoms with Crippen molar-refractivity contribution in [3.8, 4) is 16.3 Å². The minimum atomic E-state index is -0.274. The highest BCUT2D eigenvalue weighted by Gasteiger charge is 2.11. The fourth-order valence-electron chi connectivity index (χ4n) is 3.13. The second kappa shape index (κ2) is 9.24. The van der Waals surface area contributed by atoms with Crippen LogP contribution in [0.15, 0.2) is 66.7 Å². The lowest BCUT2D eigenvalue weighted by Crippen LogP contribution is -2.34. The highest BCUT2D eigenvalue weighted by Crippen LogP contribution is 2.31. The van der Waals surface area contributed by atoms with Crippen molar-refractivity contribution in [2.24, 2.45) is 0 Å². The van der Waals surface area contributed by atoms with Crippen LogP contribution in [0.25, 0.3) is 20.8 Å². The molecule has 0 aliphatic carbocycles. The van der Waals surface area contributed by atoms with Gasteiger partial charge in [-0.05, 0) is 86.2 Å². The lowest BCUT2D eigenvalue weighted by Gasteiger charge is -2.13. The first-order valence-corrected chi connectivity index (χ1v) is 11.1. The summed E-state index contributed by atoms with van der Waals surface area (Å²) in [5, 5.41) is 7.04. The Bertz CT molecular complexity index is 1220. The van der Waals surface area contributed by atoms with Crippen LogP contribution in [0.2, 0.25) is 0 Å². The van der Waals surface area contributed by atoms with E-state index >= 15 is 0 Å². The standard InChI is InChI=1S/C24H21N3O2S2/c1-3-29-18-11-8-16(9-12-18)22(28)27-24(30)26-19-13-10-17(14-15(19)2)23-25-20-6-4-5-7-21(20)31-23/h4-14H,3H2,1-2H3,(H2,26,27,28,30). The van der Waals surface area contributed by atoms with Crippen LogP contribution in [-0.4, -0.2) is 22.6 Å². The molecule has 156 valence electrons. The van der Waals surface area contributed by atoms with Gasteiger partial charge in [0.1, 0.15) is 10.8 Å². The van der Waals surface area contributed by atoms with Crippen LogP contribution in [0.4, 0.5) is 5.69 Å². The Morgan fingerprint density at radius 1 is 1.10 bits per heavy atom. The molecule has 31 heavy (non-hydrogen) atoms. The number of carbonyl (C=O) groups is 1. The Morgan fingerprint density at radius 2 is 1.87 bits per heavy atom. The molecule has 0 aliphatic heterocycles. The predicted octanol–water partition coefficient (Wildman–Crippen LogP) is 5.80. The van der Waals surface area contributed by atoms with E-state index in [1.54, 1.807) is 35.6 Å². The quantitative estimate of drug-likeness (QED) is 0.379. The van der Waals surface area contributed by atoms with Gasteiger partial charge in [-0.2, -0.15) is 0 Å². The van der Waals surface area contributed by atoms with Crippen molar-refractivity contribution in [2.45, 2.75) is 13.8 Å². The van der Waals surface area contributed by atoms with Crippen molar-refractivity contribution in [3.05, 3.63) is 77.9 Å². The maximum Gasteiger partial charge on any atom is 0.257 e. The van der Waals surface area contributed by atoms with Gasteiger partial charge in [0.05, 0.1) is 16.8 Å². The molecular weight excluding hydrogens is 426 g/mol. The van der Waals surface area contributed by atoms with E-state index in [0.717, 1.165) is 37.8 Å². The Kier molecular flexibility index (Phi) is 6.25. The summed E-state index contributed by atoms with van der Waals surface area (Å²) >= 11 is 7.00. The van der Waals surface area contributed by atoms with Crippen LogP contribution < -0.4 is 15.4 Å². The Morgan fingerprint density at radius 3 is 2.58 bits per heavy atom. The average molecular weight is 448 g/mol. The lowest BCUT2D eigenvalue weighted by atomic mass is 10.1. The number of carbonyl (C=O) groups excluding carboxylic acids is 1. The molecular formula is C24H21N3O2S2. The van der Waals surface area contributed by atoms with Crippen LogP contribution >= 0.6 is 23.6 Å². The number of thiazole rings is 1. The monoisotopic (exact) mass is 447 g/mol. The number of ether oxygens (including phenoxy) is 1. The van der Waals surface area contributed by atoms with Crippen LogP contribution in [0.1, 0.15) is 22.8 Å². The number of rotatable bonds is 5. The molecule has 7 heteroatoms. The van der Waals surface area contributed by atoms with Gasteiger partial charge in [-0.15, -0.1) is 11.3 Å². The van der Waals surface area contributed by atoms with E-state index in [1.165, 1.54) is 0 Å². The highest BCUT2D eigenvalue weighted by atomic mass is 32.1. The molecule has 3 aromatic carbocycles. The number of aromatic nitrogens is 1. The van der Waals surface area contributed by atoms with Crippen molar-refractivity contribution >= 4 is 50.5 Å². The van der Waals surface area contributed by atoms with Gasteiger partial charge in [-0.25, -0.2) is 4.98 Å². The largest absolute Gasteiger partial charge is 0.494 e. The molecule has 5 nitrogen and oxygen atoms in total. The zero-order chi connectivity index (χ0) is 21.8. The third kappa shape index (κ3) is 4.90. The minimum absolute atomic E-state index is 0.245.